The second-order valence-corrected chi connectivity index (χ2v) is 37.6. The van der Waals surface area contributed by atoms with Crippen molar-refractivity contribution in [3.05, 3.63) is 167 Å². The Morgan fingerprint density at radius 2 is 1.25 bits per heavy atom. The predicted octanol–water partition coefficient (Wildman–Crippen LogP) is 12.7. The number of carboxylic acids is 3. The summed E-state index contributed by atoms with van der Waals surface area (Å²) in [5, 5.41) is 43.9. The molecule has 0 spiro atoms. The van der Waals surface area contributed by atoms with Crippen molar-refractivity contribution in [3.63, 3.8) is 0 Å². The molecule has 5 aromatic carbocycles. The minimum absolute atomic E-state index is 0.00390. The van der Waals surface area contributed by atoms with Crippen LogP contribution < -0.4 is 36.4 Å². The number of nitrogens with zero attached hydrogens (tertiary/aromatic N) is 4. The van der Waals surface area contributed by atoms with Crippen LogP contribution in [0.2, 0.25) is 0 Å². The molecule has 126 heavy (non-hydrogen) atoms. The number of aromatic nitrogens is 1. The normalized spacial score (nSPS) is 14.3. The minimum Gasteiger partial charge on any atom is -0.481 e. The Balaban J connectivity index is 0.866. The fourth-order valence-electron chi connectivity index (χ4n) is 15.6. The van der Waals surface area contributed by atoms with Gasteiger partial charge in [0.05, 0.1) is 58.0 Å². The van der Waals surface area contributed by atoms with E-state index in [1.807, 2.05) is 52.0 Å². The molecule has 2 aliphatic heterocycles. The Bertz CT molecular complexity index is 5410. The molecule has 0 saturated heterocycles. The summed E-state index contributed by atoms with van der Waals surface area (Å²) in [6.07, 6.45) is 1.88. The van der Waals surface area contributed by atoms with Crippen molar-refractivity contribution < 1.29 is 107 Å². The van der Waals surface area contributed by atoms with Crippen LogP contribution in [0.25, 0.3) is 39.1 Å². The van der Waals surface area contributed by atoms with Crippen LogP contribution in [0.3, 0.4) is 0 Å². The molecular weight excluding hydrogens is 1720 g/mol. The molecule has 2 aromatic heterocycles. The molecule has 37 heteroatoms. The first-order valence-corrected chi connectivity index (χ1v) is 48.1. The summed E-state index contributed by atoms with van der Waals surface area (Å²) < 4.78 is 112. The van der Waals surface area contributed by atoms with Crippen LogP contribution in [-0.2, 0) is 85.5 Å². The Morgan fingerprint density at radius 3 is 1.86 bits per heavy atom. The molecular formula is C89H109BF2N9O20S5+. The van der Waals surface area contributed by atoms with Gasteiger partial charge in [-0.25, -0.2) is 17.6 Å². The summed E-state index contributed by atoms with van der Waals surface area (Å²) in [5.41, 5.74) is 6.33. The van der Waals surface area contributed by atoms with Gasteiger partial charge in [-0.15, -0.1) is 0 Å². The third-order valence-electron chi connectivity index (χ3n) is 22.3. The number of allylic oxidation sites excluding steroid dienone is 2. The van der Waals surface area contributed by atoms with E-state index in [2.05, 4.69) is 36.4 Å². The van der Waals surface area contributed by atoms with E-state index in [9.17, 15) is 74.8 Å². The number of carbonyl (C=O) groups is 10. The molecule has 2 unspecified atom stereocenters. The number of nitrogens with one attached hydrogen (secondary N) is 5. The lowest BCUT2D eigenvalue weighted by molar-refractivity contribution is -0.362. The highest BCUT2D eigenvalue weighted by atomic mass is 33.1. The molecule has 0 bridgehead atoms. The Hall–Kier alpha value is -10.7. The molecule has 3 amide bonds. The number of hydrogen-bond acceptors (Lipinski definition) is 20. The molecule has 0 radical (unpaired) electrons. The van der Waals surface area contributed by atoms with Crippen LogP contribution in [0, 0.1) is 25.7 Å². The molecule has 9 N–H and O–H groups in total. The third kappa shape index (κ3) is 27.4. The number of thiocarbonyl (C=S) groups is 1. The van der Waals surface area contributed by atoms with Gasteiger partial charge < -0.3 is 74.0 Å². The van der Waals surface area contributed by atoms with Gasteiger partial charge in [-0.05, 0) is 176 Å². The molecule has 0 fully saturated rings. The summed E-state index contributed by atoms with van der Waals surface area (Å²) in [5.74, 6) is -10.3. The van der Waals surface area contributed by atoms with Crippen molar-refractivity contribution >= 4 is 170 Å². The lowest BCUT2D eigenvalue weighted by atomic mass is 9.88. The summed E-state index contributed by atoms with van der Waals surface area (Å²) >= 11 is 5.16. The highest BCUT2D eigenvalue weighted by Gasteiger charge is 2.52. The van der Waals surface area contributed by atoms with Gasteiger partial charge in [0.25, 0.3) is 16.6 Å². The Morgan fingerprint density at radius 1 is 0.635 bits per heavy atom. The number of fused-ring (bicyclic) bond motifs is 4. The van der Waals surface area contributed by atoms with E-state index < -0.39 is 140 Å². The van der Waals surface area contributed by atoms with E-state index in [1.54, 1.807) is 111 Å². The van der Waals surface area contributed by atoms with E-state index in [1.165, 1.54) is 12.1 Å². The zero-order chi connectivity index (χ0) is 91.6. The zero-order valence-electron chi connectivity index (χ0n) is 71.2. The first-order valence-electron chi connectivity index (χ1n) is 42.1. The van der Waals surface area contributed by atoms with Gasteiger partial charge in [0.1, 0.15) is 22.4 Å². The van der Waals surface area contributed by atoms with Crippen LogP contribution in [0.1, 0.15) is 159 Å². The van der Waals surface area contributed by atoms with E-state index in [0.29, 0.717) is 87.5 Å². The van der Waals surface area contributed by atoms with Crippen LogP contribution in [0.15, 0.2) is 153 Å². The molecule has 9 rings (SSSR count). The molecule has 4 heterocycles. The summed E-state index contributed by atoms with van der Waals surface area (Å²) in [6, 6.07) is 29.9. The number of ether oxygens (including phenoxy) is 1. The number of Topliss-reactive ketones (excluding diaryl/α,β-unsaturated/α-hetero) is 3. The lowest BCUT2D eigenvalue weighted by Crippen LogP contribution is -2.50. The number of rotatable bonds is 54. The second kappa shape index (κ2) is 46.7. The number of benzene rings is 5. The van der Waals surface area contributed by atoms with E-state index in [-0.39, 0.29) is 148 Å². The van der Waals surface area contributed by atoms with Crippen molar-refractivity contribution in [3.8, 4) is 11.1 Å². The number of aliphatic carboxylic acids is 3. The number of carboxylic acid groups (broad SMARTS) is 3. The lowest BCUT2D eigenvalue weighted by Gasteiger charge is -2.30. The molecule has 0 saturated carbocycles. The van der Waals surface area contributed by atoms with Crippen LogP contribution in [0.4, 0.5) is 20.0 Å². The maximum Gasteiger partial charge on any atom is 0.737 e. The number of halogens is 2. The van der Waals surface area contributed by atoms with Crippen molar-refractivity contribution in [2.75, 3.05) is 59.8 Å². The second-order valence-electron chi connectivity index (χ2n) is 31.1. The number of amides is 3. The minimum atomic E-state index is -5.11. The number of sulfone groups is 1. The number of aryl methyl sites for hydroxylation is 2. The smallest absolute Gasteiger partial charge is 0.481 e. The average molecular weight is 1830 g/mol. The van der Waals surface area contributed by atoms with Gasteiger partial charge in [0.15, 0.2) is 38.4 Å². The SMILES string of the molecule is CCN(CC)c1ccc2c(-c3ccc(S(=O)(=O)CCCSSCC(CC(=O)C(CCCCNC(=O)CCC4=[N+]5C(=Cc6c(C)cc(C)n6[B-]5(F)F)C=C4)NC(=O)[C@@H](CC(=O)[C@H](Cc4ccccc4)NC(=O)CCCCC(=O)CC[C@H](NC(=S)N[C@@H](CCC(=O)O)OC=O)C(=O)O)Cc4ccccc4)C(=O)O)cc3S(=O)(=O)O)c3ccc(N(CC)CC)cc3[o+]c2c1. The Kier molecular flexibility index (Phi) is 36.7. The van der Waals surface area contributed by atoms with Crippen LogP contribution >= 0.6 is 33.8 Å². The van der Waals surface area contributed by atoms with Crippen molar-refractivity contribution in [2.24, 2.45) is 11.8 Å². The molecule has 0 aliphatic carbocycles. The zero-order valence-corrected chi connectivity index (χ0v) is 75.3. The number of anilines is 2. The van der Waals surface area contributed by atoms with Crippen molar-refractivity contribution in [1.82, 2.24) is 31.1 Å². The summed E-state index contributed by atoms with van der Waals surface area (Å²) in [4.78, 5) is 136. The van der Waals surface area contributed by atoms with Gasteiger partial charge in [0.2, 0.25) is 17.7 Å². The number of unbranched alkanes of at least 4 members (excludes halogenated alkanes) is 2. The monoisotopic (exact) mass is 1830 g/mol. The maximum atomic E-state index is 16.2. The maximum absolute atomic E-state index is 16.2. The van der Waals surface area contributed by atoms with Gasteiger partial charge in [-0.1, -0.05) is 88.3 Å². The van der Waals surface area contributed by atoms with E-state index in [0.717, 1.165) is 48.0 Å². The number of carbonyl (C=O) groups excluding carboxylic acids is 7. The fraction of sp³-hybridized carbons (Fsp3) is 0.427. The molecule has 6 atom stereocenters. The molecule has 676 valence electrons. The summed E-state index contributed by atoms with van der Waals surface area (Å²) in [6.45, 7) is 10.1. The Labute approximate surface area is 744 Å². The first kappa shape index (κ1) is 99.1. The van der Waals surface area contributed by atoms with Crippen molar-refractivity contribution in [2.45, 2.75) is 191 Å². The standard InChI is InChI=1S/C89H108BF2N9O20S5/c1-7-98(8-2)64-31-36-69-78(52-64)121-79-53-65(99(9-3)10-4)32-37-70(79)85(69)71-38-35-68(54-80(71)126(117,118)119)125(115,116)45-21-44-123-124-55-62(87(111)112)50-76(104)72(27-19-20-43-93-81(106)40-33-63-29-30-66-51-75-57(5)46-58(6)100(75)90(91,92)101(63)66)95-86(110)61(47-59-22-13-11-14-23-59)49-77(105)74(48-60-24-15-12-16-25-60)94-82(107)28-18-17-26-67(103)34-39-73(88(113)114)96-89(122)97-83(120-56-102)41-42-84(108)109/h11-16,22-25,29-32,35-38,46,51-54,56,61-62,72-74,83H,7-10,17-21,26-28,33-34,39-45,47-50,55H2,1-6H3,(H8-,93,94,95,96,97,106,107,108,109,110,111,112,113,114,117,118,119,122)/p+1/t61-,62?,72?,73+,74+,83-/m1/s1. The predicted molar refractivity (Wildman–Crippen MR) is 487 cm³/mol. The van der Waals surface area contributed by atoms with E-state index >= 15 is 13.4 Å². The highest BCUT2D eigenvalue weighted by molar-refractivity contribution is 8.76. The van der Waals surface area contributed by atoms with E-state index in [4.69, 9.17) is 26.5 Å². The number of ketones is 3. The summed E-state index contributed by atoms with van der Waals surface area (Å²) in [7, 11) is -7.16. The van der Waals surface area contributed by atoms with Gasteiger partial charge >= 0.3 is 36.0 Å². The van der Waals surface area contributed by atoms with Crippen LogP contribution in [-0.4, -0.2) is 197 Å². The largest absolute Gasteiger partial charge is 0.737 e. The first-order chi connectivity index (χ1) is 60.1. The third-order valence-corrected chi connectivity index (χ3v) is 27.8. The van der Waals surface area contributed by atoms with Crippen molar-refractivity contribution in [1.29, 1.82) is 0 Å². The van der Waals surface area contributed by atoms with Gasteiger partial charge in [0, 0.05) is 148 Å². The number of hydrogen-bond donors (Lipinski definition) is 9. The fourth-order valence-corrected chi connectivity index (χ4v) is 20.6. The average Bonchev–Trinajstić information content (AvgIpc) is 1.51. The highest BCUT2D eigenvalue weighted by Crippen LogP contribution is 2.43. The molecule has 29 nitrogen and oxygen atoms in total. The van der Waals surface area contributed by atoms with Gasteiger partial charge in [-0.3, -0.25) is 47.7 Å². The van der Waals surface area contributed by atoms with Crippen LogP contribution in [0.5, 0.6) is 0 Å². The van der Waals surface area contributed by atoms with Gasteiger partial charge in [-0.2, -0.15) is 8.42 Å². The topological polar surface area (TPSA) is 415 Å². The quantitative estimate of drug-likeness (QED) is 0.00197. The molecule has 7 aromatic rings. The molecule has 2 aliphatic rings.